The fraction of sp³-hybridized carbons (Fsp3) is 0.600. The minimum absolute atomic E-state index is 0.0738. The lowest BCUT2D eigenvalue weighted by molar-refractivity contribution is -0.149. The molecule has 5 nitrogen and oxygen atoms in total. The van der Waals surface area contributed by atoms with E-state index >= 15 is 0 Å². The zero-order valence-electron chi connectivity index (χ0n) is 14.5. The van der Waals surface area contributed by atoms with Gasteiger partial charge in [0.1, 0.15) is 5.56 Å². The minimum Gasteiger partial charge on any atom is -0.478 e. The molecule has 4 fully saturated rings. The van der Waals surface area contributed by atoms with Gasteiger partial charge in [0.15, 0.2) is 0 Å². The molecule has 4 bridgehead atoms. The zero-order chi connectivity index (χ0) is 17.2. The average molecular weight is 340 g/mol. The maximum atomic E-state index is 11.7. The lowest BCUT2D eigenvalue weighted by Crippen LogP contribution is -2.59. The van der Waals surface area contributed by atoms with Crippen LogP contribution < -0.4 is 5.32 Å². The van der Waals surface area contributed by atoms with Crippen molar-refractivity contribution in [2.24, 2.45) is 17.8 Å². The Balaban J connectivity index is 1.50. The van der Waals surface area contributed by atoms with Gasteiger partial charge in [-0.15, -0.1) is 0 Å². The number of methoxy groups -OCH3 is 1. The summed E-state index contributed by atoms with van der Waals surface area (Å²) in [6.45, 7) is 0. The van der Waals surface area contributed by atoms with Gasteiger partial charge in [0.05, 0.1) is 17.0 Å². The van der Waals surface area contributed by atoms with E-state index in [0.717, 1.165) is 42.1 Å². The predicted octanol–water partition coefficient (Wildman–Crippen LogP) is 3.35. The number of allylic oxidation sites excluding steroid dienone is 1. The van der Waals surface area contributed by atoms with E-state index in [2.05, 4.69) is 16.4 Å². The molecule has 5 heteroatoms. The van der Waals surface area contributed by atoms with Crippen molar-refractivity contribution in [3.8, 4) is 0 Å². The smallest absolute Gasteiger partial charge is 0.339 e. The van der Waals surface area contributed by atoms with Gasteiger partial charge in [-0.1, -0.05) is 12.2 Å². The van der Waals surface area contributed by atoms with Gasteiger partial charge in [-0.05, 0) is 49.9 Å². The molecule has 25 heavy (non-hydrogen) atoms. The van der Waals surface area contributed by atoms with Crippen molar-refractivity contribution >= 4 is 17.7 Å². The van der Waals surface area contributed by atoms with Gasteiger partial charge in [-0.25, -0.2) is 4.79 Å². The molecule has 5 atom stereocenters. The van der Waals surface area contributed by atoms with E-state index in [0.29, 0.717) is 23.4 Å². The fourth-order valence-corrected chi connectivity index (χ4v) is 6.12. The monoisotopic (exact) mass is 340 g/mol. The predicted molar refractivity (Wildman–Crippen MR) is 94.6 cm³/mol. The topological polar surface area (TPSA) is 71.5 Å². The highest BCUT2D eigenvalue weighted by Gasteiger charge is 2.55. The van der Waals surface area contributed by atoms with Gasteiger partial charge in [0.25, 0.3) is 0 Å². The van der Waals surface area contributed by atoms with E-state index in [1.807, 2.05) is 13.2 Å². The van der Waals surface area contributed by atoms with E-state index in [1.165, 1.54) is 25.5 Å². The molecule has 1 heterocycles. The molecule has 4 saturated carbocycles. The van der Waals surface area contributed by atoms with Gasteiger partial charge in [0, 0.05) is 31.3 Å². The molecule has 1 aromatic heterocycles. The Morgan fingerprint density at radius 3 is 2.76 bits per heavy atom. The summed E-state index contributed by atoms with van der Waals surface area (Å²) in [5.41, 5.74) is 3.08. The third kappa shape index (κ3) is 2.25. The zero-order valence-corrected chi connectivity index (χ0v) is 14.5. The van der Waals surface area contributed by atoms with Crippen molar-refractivity contribution in [2.45, 2.75) is 50.2 Å². The van der Waals surface area contributed by atoms with E-state index in [1.54, 1.807) is 0 Å². The Bertz CT molecular complexity index is 756. The number of nitrogens with zero attached hydrogens (tertiary/aromatic N) is 1. The van der Waals surface area contributed by atoms with Crippen LogP contribution in [0.4, 0.5) is 5.69 Å². The highest BCUT2D eigenvalue weighted by atomic mass is 16.5. The SMILES string of the molecule is COC12CC3C[C@H](C1)C(Nc1c(C(=O)O)cnc4c1C=CC4)[C@@H](C3)C2. The van der Waals surface area contributed by atoms with Crippen molar-refractivity contribution < 1.29 is 14.6 Å². The maximum absolute atomic E-state index is 11.7. The van der Waals surface area contributed by atoms with Gasteiger partial charge in [0.2, 0.25) is 0 Å². The number of pyridine rings is 1. The second-order valence-electron chi connectivity index (χ2n) is 8.35. The van der Waals surface area contributed by atoms with Gasteiger partial charge in [-0.3, -0.25) is 4.98 Å². The number of anilines is 1. The summed E-state index contributed by atoms with van der Waals surface area (Å²) in [7, 11) is 1.86. The van der Waals surface area contributed by atoms with Crippen LogP contribution in [0.25, 0.3) is 6.08 Å². The first-order chi connectivity index (χ1) is 12.1. The molecule has 0 radical (unpaired) electrons. The normalized spacial score (nSPS) is 37.3. The van der Waals surface area contributed by atoms with Crippen LogP contribution in [0.1, 0.15) is 53.7 Å². The first-order valence-electron chi connectivity index (χ1n) is 9.32. The molecule has 2 N–H and O–H groups in total. The highest BCUT2D eigenvalue weighted by Crippen LogP contribution is 2.57. The number of nitrogens with one attached hydrogen (secondary N) is 1. The summed E-state index contributed by atoms with van der Waals surface area (Å²) >= 11 is 0. The fourth-order valence-electron chi connectivity index (χ4n) is 6.12. The Kier molecular flexibility index (Phi) is 3.26. The second-order valence-corrected chi connectivity index (χ2v) is 8.35. The summed E-state index contributed by atoms with van der Waals surface area (Å²) in [4.78, 5) is 16.1. The summed E-state index contributed by atoms with van der Waals surface area (Å²) < 4.78 is 5.94. The van der Waals surface area contributed by atoms with E-state index in [9.17, 15) is 9.90 Å². The molecule has 0 amide bonds. The Morgan fingerprint density at radius 2 is 2.08 bits per heavy atom. The van der Waals surface area contributed by atoms with Crippen LogP contribution in [0.3, 0.4) is 0 Å². The number of carboxylic acid groups (broad SMARTS) is 1. The third-order valence-electron chi connectivity index (χ3n) is 6.99. The van der Waals surface area contributed by atoms with Gasteiger partial charge in [-0.2, -0.15) is 0 Å². The summed E-state index contributed by atoms with van der Waals surface area (Å²) in [5, 5.41) is 13.3. The Hall–Kier alpha value is -1.88. The molecule has 5 aliphatic carbocycles. The largest absolute Gasteiger partial charge is 0.478 e. The highest BCUT2D eigenvalue weighted by molar-refractivity contribution is 5.97. The molecule has 6 rings (SSSR count). The molecule has 3 unspecified atom stereocenters. The van der Waals surface area contributed by atoms with Crippen molar-refractivity contribution in [1.82, 2.24) is 4.98 Å². The average Bonchev–Trinajstić information content (AvgIpc) is 3.06. The second kappa shape index (κ2) is 5.31. The van der Waals surface area contributed by atoms with Gasteiger partial charge >= 0.3 is 5.97 Å². The third-order valence-corrected chi connectivity index (χ3v) is 6.99. The van der Waals surface area contributed by atoms with Gasteiger partial charge < -0.3 is 15.2 Å². The summed E-state index contributed by atoms with van der Waals surface area (Å²) in [5.74, 6) is 1.01. The van der Waals surface area contributed by atoms with E-state index in [-0.39, 0.29) is 5.60 Å². The lowest BCUT2D eigenvalue weighted by Gasteiger charge is -2.59. The van der Waals surface area contributed by atoms with Crippen LogP contribution >= 0.6 is 0 Å². The van der Waals surface area contributed by atoms with Crippen molar-refractivity contribution in [3.05, 3.63) is 29.1 Å². The van der Waals surface area contributed by atoms with Crippen LogP contribution in [-0.2, 0) is 11.2 Å². The van der Waals surface area contributed by atoms with Crippen molar-refractivity contribution in [2.75, 3.05) is 12.4 Å². The van der Waals surface area contributed by atoms with Crippen LogP contribution in [0.15, 0.2) is 12.3 Å². The lowest BCUT2D eigenvalue weighted by atomic mass is 9.52. The minimum atomic E-state index is -0.907. The van der Waals surface area contributed by atoms with E-state index < -0.39 is 5.97 Å². The first-order valence-corrected chi connectivity index (χ1v) is 9.32. The number of fused-ring (bicyclic) bond motifs is 1. The molecule has 5 aliphatic rings. The molecule has 0 aliphatic heterocycles. The number of hydrogen-bond donors (Lipinski definition) is 2. The standard InChI is InChI=1S/C20H24N2O3/c1-25-20-7-11-5-12(8-20)17(13(6-11)9-20)22-18-14-3-2-4-16(14)21-10-15(18)19(23)24/h2-3,10-13,17H,4-9H2,1H3,(H,21,22)(H,23,24)/t11?,12-,13+,17?,20?. The first kappa shape index (κ1) is 15.4. The van der Waals surface area contributed by atoms with Crippen molar-refractivity contribution in [3.63, 3.8) is 0 Å². The molecular weight excluding hydrogens is 316 g/mol. The Morgan fingerprint density at radius 1 is 1.32 bits per heavy atom. The summed E-state index contributed by atoms with van der Waals surface area (Å²) in [6, 6.07) is 0.346. The number of aromatic nitrogens is 1. The summed E-state index contributed by atoms with van der Waals surface area (Å²) in [6.07, 6.45) is 12.3. The quantitative estimate of drug-likeness (QED) is 0.879. The molecule has 0 saturated heterocycles. The number of hydrogen-bond acceptors (Lipinski definition) is 4. The van der Waals surface area contributed by atoms with Crippen LogP contribution in [-0.4, -0.2) is 34.8 Å². The number of rotatable bonds is 4. The number of carboxylic acids is 1. The molecule has 1 aromatic rings. The molecule has 132 valence electrons. The molecular formula is C20H24N2O3. The van der Waals surface area contributed by atoms with Crippen LogP contribution in [0, 0.1) is 17.8 Å². The number of carbonyl (C=O) groups is 1. The van der Waals surface area contributed by atoms with Crippen LogP contribution in [0.2, 0.25) is 0 Å². The number of aromatic carboxylic acids is 1. The number of ether oxygens (including phenoxy) is 1. The Labute approximate surface area is 147 Å². The molecule has 0 spiro atoms. The maximum Gasteiger partial charge on any atom is 0.339 e. The van der Waals surface area contributed by atoms with Crippen molar-refractivity contribution in [1.29, 1.82) is 0 Å². The van der Waals surface area contributed by atoms with Crippen LogP contribution in [0.5, 0.6) is 0 Å². The van der Waals surface area contributed by atoms with E-state index in [4.69, 9.17) is 4.74 Å². The molecule has 0 aromatic carbocycles.